The van der Waals surface area contributed by atoms with Gasteiger partial charge in [0.1, 0.15) is 5.75 Å². The first kappa shape index (κ1) is 15.9. The molecule has 0 spiro atoms. The van der Waals surface area contributed by atoms with Crippen molar-refractivity contribution in [3.05, 3.63) is 59.7 Å². The smallest absolute Gasteiger partial charge is 0.319 e. The molecule has 116 valence electrons. The minimum Gasteiger partial charge on any atom is -0.494 e. The third-order valence-electron chi connectivity index (χ3n) is 3.29. The average Bonchev–Trinajstić information content (AvgIpc) is 2.51. The molecular formula is C18H22N2O2. The fourth-order valence-corrected chi connectivity index (χ4v) is 1.98. The van der Waals surface area contributed by atoms with Crippen molar-refractivity contribution in [2.24, 2.45) is 0 Å². The topological polar surface area (TPSA) is 50.4 Å². The van der Waals surface area contributed by atoms with Crippen LogP contribution in [-0.2, 0) is 0 Å². The summed E-state index contributed by atoms with van der Waals surface area (Å²) in [4.78, 5) is 11.8. The highest BCUT2D eigenvalue weighted by Crippen LogP contribution is 2.13. The van der Waals surface area contributed by atoms with Crippen LogP contribution in [0.2, 0.25) is 0 Å². The lowest BCUT2D eigenvalue weighted by atomic mass is 10.2. The fraction of sp³-hybridized carbons (Fsp3) is 0.278. The van der Waals surface area contributed by atoms with E-state index in [1.54, 1.807) is 0 Å². The van der Waals surface area contributed by atoms with Gasteiger partial charge in [0.05, 0.1) is 6.61 Å². The van der Waals surface area contributed by atoms with E-state index in [4.69, 9.17) is 4.74 Å². The van der Waals surface area contributed by atoms with Crippen molar-refractivity contribution >= 4 is 11.7 Å². The van der Waals surface area contributed by atoms with Crippen LogP contribution in [-0.4, -0.2) is 19.2 Å². The summed E-state index contributed by atoms with van der Waals surface area (Å²) in [6.07, 6.45) is 0.759. The highest BCUT2D eigenvalue weighted by molar-refractivity contribution is 5.89. The van der Waals surface area contributed by atoms with E-state index >= 15 is 0 Å². The fourth-order valence-electron chi connectivity index (χ4n) is 1.98. The molecule has 0 heterocycles. The van der Waals surface area contributed by atoms with Gasteiger partial charge in [-0.3, -0.25) is 0 Å². The monoisotopic (exact) mass is 298 g/mol. The van der Waals surface area contributed by atoms with Crippen LogP contribution in [0.3, 0.4) is 0 Å². The second-order valence-corrected chi connectivity index (χ2v) is 5.21. The number of benzene rings is 2. The molecule has 2 amide bonds. The molecule has 0 saturated heterocycles. The summed E-state index contributed by atoms with van der Waals surface area (Å²) < 4.78 is 5.61. The lowest BCUT2D eigenvalue weighted by Crippen LogP contribution is -2.30. The van der Waals surface area contributed by atoms with Crippen molar-refractivity contribution in [1.82, 2.24) is 5.32 Å². The molecule has 4 heteroatoms. The molecule has 2 rings (SSSR count). The van der Waals surface area contributed by atoms with Crippen molar-refractivity contribution in [3.63, 3.8) is 0 Å². The summed E-state index contributed by atoms with van der Waals surface area (Å²) in [6.45, 7) is 5.16. The summed E-state index contributed by atoms with van der Waals surface area (Å²) in [5.41, 5.74) is 3.08. The van der Waals surface area contributed by atoms with Crippen molar-refractivity contribution in [2.75, 3.05) is 18.5 Å². The second kappa shape index (κ2) is 8.08. The number of rotatable bonds is 6. The number of amides is 2. The van der Waals surface area contributed by atoms with E-state index < -0.39 is 0 Å². The lowest BCUT2D eigenvalue weighted by Gasteiger charge is -2.10. The Morgan fingerprint density at radius 2 is 1.77 bits per heavy atom. The summed E-state index contributed by atoms with van der Waals surface area (Å²) in [6, 6.07) is 15.4. The van der Waals surface area contributed by atoms with E-state index in [9.17, 15) is 4.79 Å². The highest BCUT2D eigenvalue weighted by atomic mass is 16.5. The van der Waals surface area contributed by atoms with Crippen LogP contribution in [0.25, 0.3) is 0 Å². The number of carbonyl (C=O) groups excluding carboxylic acids is 1. The number of nitrogens with one attached hydrogen (secondary N) is 2. The van der Waals surface area contributed by atoms with Gasteiger partial charge in [0.15, 0.2) is 0 Å². The highest BCUT2D eigenvalue weighted by Gasteiger charge is 2.02. The summed E-state index contributed by atoms with van der Waals surface area (Å²) in [5, 5.41) is 5.66. The van der Waals surface area contributed by atoms with E-state index in [0.29, 0.717) is 13.2 Å². The van der Waals surface area contributed by atoms with Crippen molar-refractivity contribution < 1.29 is 9.53 Å². The number of urea groups is 1. The summed E-state index contributed by atoms with van der Waals surface area (Å²) >= 11 is 0. The molecule has 0 unspecified atom stereocenters. The van der Waals surface area contributed by atoms with Gasteiger partial charge in [0.2, 0.25) is 0 Å². The largest absolute Gasteiger partial charge is 0.494 e. The van der Waals surface area contributed by atoms with E-state index in [0.717, 1.165) is 23.4 Å². The molecule has 2 aromatic carbocycles. The maximum absolute atomic E-state index is 11.8. The van der Waals surface area contributed by atoms with Crippen LogP contribution in [0.4, 0.5) is 10.5 Å². The van der Waals surface area contributed by atoms with Crippen molar-refractivity contribution in [2.45, 2.75) is 20.3 Å². The van der Waals surface area contributed by atoms with E-state index in [1.165, 1.54) is 5.56 Å². The normalized spacial score (nSPS) is 10.1. The number of anilines is 1. The number of hydrogen-bond donors (Lipinski definition) is 2. The van der Waals surface area contributed by atoms with Crippen molar-refractivity contribution in [1.29, 1.82) is 0 Å². The first-order valence-electron chi connectivity index (χ1n) is 7.45. The van der Waals surface area contributed by atoms with E-state index in [-0.39, 0.29) is 6.03 Å². The molecular weight excluding hydrogens is 276 g/mol. The third-order valence-corrected chi connectivity index (χ3v) is 3.29. The number of ether oxygens (including phenoxy) is 1. The zero-order valence-electron chi connectivity index (χ0n) is 13.1. The quantitative estimate of drug-likeness (QED) is 0.795. The molecule has 0 aliphatic rings. The number of carbonyl (C=O) groups is 1. The predicted octanol–water partition coefficient (Wildman–Crippen LogP) is 3.89. The standard InChI is InChI=1S/C18H22N2O2/c1-14-8-10-16(11-9-14)22-13-5-12-19-18(21)20-17-7-4-3-6-15(17)2/h3-4,6-11H,5,12-13H2,1-2H3,(H2,19,20,21). The van der Waals surface area contributed by atoms with Gasteiger partial charge < -0.3 is 15.4 Å². The Kier molecular flexibility index (Phi) is 5.83. The van der Waals surface area contributed by atoms with Gasteiger partial charge in [-0.15, -0.1) is 0 Å². The van der Waals surface area contributed by atoms with Crippen LogP contribution in [0.15, 0.2) is 48.5 Å². The first-order valence-corrected chi connectivity index (χ1v) is 7.45. The molecule has 0 aromatic heterocycles. The zero-order valence-corrected chi connectivity index (χ0v) is 13.1. The van der Waals surface area contributed by atoms with Gasteiger partial charge in [0.25, 0.3) is 0 Å². The Labute approximate surface area is 131 Å². The van der Waals surface area contributed by atoms with Crippen LogP contribution in [0.5, 0.6) is 5.75 Å². The number of para-hydroxylation sites is 1. The third kappa shape index (κ3) is 5.13. The Hall–Kier alpha value is -2.49. The molecule has 0 atom stereocenters. The Morgan fingerprint density at radius 1 is 1.05 bits per heavy atom. The van der Waals surface area contributed by atoms with Crippen LogP contribution >= 0.6 is 0 Å². The van der Waals surface area contributed by atoms with E-state index in [2.05, 4.69) is 10.6 Å². The van der Waals surface area contributed by atoms with Gasteiger partial charge in [0, 0.05) is 12.2 Å². The molecule has 0 saturated carbocycles. The molecule has 0 bridgehead atoms. The van der Waals surface area contributed by atoms with Crippen molar-refractivity contribution in [3.8, 4) is 5.75 Å². The molecule has 0 aliphatic heterocycles. The second-order valence-electron chi connectivity index (χ2n) is 5.21. The lowest BCUT2D eigenvalue weighted by molar-refractivity contribution is 0.250. The minimum absolute atomic E-state index is 0.190. The molecule has 0 aliphatic carbocycles. The first-order chi connectivity index (χ1) is 10.6. The van der Waals surface area contributed by atoms with Gasteiger partial charge in [-0.25, -0.2) is 4.79 Å². The molecule has 4 nitrogen and oxygen atoms in total. The summed E-state index contributed by atoms with van der Waals surface area (Å²) in [5.74, 6) is 0.856. The van der Waals surface area contributed by atoms with Gasteiger partial charge in [-0.1, -0.05) is 35.9 Å². The number of aryl methyl sites for hydroxylation is 2. The molecule has 2 aromatic rings. The molecule has 0 radical (unpaired) electrons. The number of hydrogen-bond acceptors (Lipinski definition) is 2. The predicted molar refractivity (Wildman–Crippen MR) is 89.5 cm³/mol. The Bertz CT molecular complexity index is 609. The van der Waals surface area contributed by atoms with Crippen LogP contribution < -0.4 is 15.4 Å². The SMILES string of the molecule is Cc1ccc(OCCCNC(=O)Nc2ccccc2C)cc1. The zero-order chi connectivity index (χ0) is 15.8. The van der Waals surface area contributed by atoms with Gasteiger partial charge >= 0.3 is 6.03 Å². The minimum atomic E-state index is -0.190. The molecule has 22 heavy (non-hydrogen) atoms. The maximum atomic E-state index is 11.8. The Balaban J connectivity index is 1.63. The van der Waals surface area contributed by atoms with Crippen LogP contribution in [0.1, 0.15) is 17.5 Å². The average molecular weight is 298 g/mol. The molecule has 2 N–H and O–H groups in total. The Morgan fingerprint density at radius 3 is 2.50 bits per heavy atom. The summed E-state index contributed by atoms with van der Waals surface area (Å²) in [7, 11) is 0. The van der Waals surface area contributed by atoms with E-state index in [1.807, 2.05) is 62.4 Å². The van der Waals surface area contributed by atoms with Crippen LogP contribution in [0, 0.1) is 13.8 Å². The van der Waals surface area contributed by atoms with Gasteiger partial charge in [-0.05, 0) is 44.0 Å². The molecule has 0 fully saturated rings. The van der Waals surface area contributed by atoms with Gasteiger partial charge in [-0.2, -0.15) is 0 Å². The maximum Gasteiger partial charge on any atom is 0.319 e.